The summed E-state index contributed by atoms with van der Waals surface area (Å²) in [6, 6.07) is -0.346. The van der Waals surface area contributed by atoms with E-state index in [1.807, 2.05) is 0 Å². The molecule has 0 aliphatic carbocycles. The number of aliphatic hydroxyl groups is 2. The van der Waals surface area contributed by atoms with Gasteiger partial charge in [0.15, 0.2) is 0 Å². The number of aldehydes is 1. The summed E-state index contributed by atoms with van der Waals surface area (Å²) in [5.41, 5.74) is 0. The van der Waals surface area contributed by atoms with Gasteiger partial charge < -0.3 is 20.3 Å². The molecule has 2 amide bonds. The van der Waals surface area contributed by atoms with Crippen LogP contribution < -0.4 is 5.32 Å². The third-order valence-corrected chi connectivity index (χ3v) is 2.37. The molecule has 0 radical (unpaired) electrons. The standard InChI is InChI=1S/C10H16N2O4.CH4O/c1-11-10(15)12(5-2-6-13)9-4-3-8(7-14)16-9;1-2/h2,5-6,8-9,14H,3-4,7H2,1H3,(H,11,15);2H,1H3/b5-2-;. The Morgan fingerprint density at radius 3 is 2.61 bits per heavy atom. The zero-order chi connectivity index (χ0) is 14.0. The van der Waals surface area contributed by atoms with Gasteiger partial charge >= 0.3 is 6.03 Å². The molecular formula is C11H20N2O5. The van der Waals surface area contributed by atoms with Crippen LogP contribution >= 0.6 is 0 Å². The van der Waals surface area contributed by atoms with Crippen molar-refractivity contribution in [3.05, 3.63) is 12.3 Å². The van der Waals surface area contributed by atoms with Crippen LogP contribution in [0.4, 0.5) is 4.79 Å². The van der Waals surface area contributed by atoms with Gasteiger partial charge in [-0.1, -0.05) is 0 Å². The summed E-state index contributed by atoms with van der Waals surface area (Å²) >= 11 is 0. The first-order chi connectivity index (χ1) is 8.72. The van der Waals surface area contributed by atoms with Crippen LogP contribution in [0.1, 0.15) is 12.8 Å². The SMILES string of the molecule is CNC(=O)N(/C=C\C=O)C1CCC(CO)O1.CO. The van der Waals surface area contributed by atoms with Gasteiger partial charge in [-0.2, -0.15) is 0 Å². The molecule has 0 spiro atoms. The highest BCUT2D eigenvalue weighted by Gasteiger charge is 2.30. The normalized spacial score (nSPS) is 22.2. The first-order valence-corrected chi connectivity index (χ1v) is 5.56. The molecule has 0 aromatic carbocycles. The highest BCUT2D eigenvalue weighted by atomic mass is 16.5. The number of ether oxygens (including phenoxy) is 1. The van der Waals surface area contributed by atoms with E-state index in [1.54, 1.807) is 0 Å². The average molecular weight is 260 g/mol. The van der Waals surface area contributed by atoms with Crippen molar-refractivity contribution in [3.63, 3.8) is 0 Å². The molecule has 18 heavy (non-hydrogen) atoms. The minimum atomic E-state index is -0.423. The number of carbonyl (C=O) groups excluding carboxylic acids is 2. The second-order valence-electron chi connectivity index (χ2n) is 3.41. The van der Waals surface area contributed by atoms with E-state index in [2.05, 4.69) is 5.32 Å². The minimum Gasteiger partial charge on any atom is -0.400 e. The zero-order valence-corrected chi connectivity index (χ0v) is 10.6. The predicted molar refractivity (Wildman–Crippen MR) is 64.6 cm³/mol. The van der Waals surface area contributed by atoms with E-state index in [1.165, 1.54) is 24.2 Å². The summed E-state index contributed by atoms with van der Waals surface area (Å²) in [6.45, 7) is -0.0600. The van der Waals surface area contributed by atoms with Crippen molar-refractivity contribution in [2.75, 3.05) is 20.8 Å². The van der Waals surface area contributed by atoms with Crippen molar-refractivity contribution in [3.8, 4) is 0 Å². The molecule has 104 valence electrons. The Kier molecular flexibility index (Phi) is 8.81. The van der Waals surface area contributed by atoms with Gasteiger partial charge in [-0.3, -0.25) is 9.69 Å². The first-order valence-electron chi connectivity index (χ1n) is 5.56. The summed E-state index contributed by atoms with van der Waals surface area (Å²) in [4.78, 5) is 23.0. The number of aliphatic hydroxyl groups excluding tert-OH is 2. The summed E-state index contributed by atoms with van der Waals surface area (Å²) < 4.78 is 5.44. The van der Waals surface area contributed by atoms with E-state index in [0.29, 0.717) is 19.1 Å². The summed E-state index contributed by atoms with van der Waals surface area (Å²) in [5, 5.41) is 18.4. The van der Waals surface area contributed by atoms with Crippen molar-refractivity contribution in [2.24, 2.45) is 0 Å². The van der Waals surface area contributed by atoms with E-state index in [4.69, 9.17) is 14.9 Å². The number of nitrogens with zero attached hydrogens (tertiary/aromatic N) is 1. The van der Waals surface area contributed by atoms with Gasteiger partial charge in [0.1, 0.15) is 12.5 Å². The Labute approximate surface area is 106 Å². The Morgan fingerprint density at radius 2 is 2.17 bits per heavy atom. The molecule has 1 rings (SSSR count). The Balaban J connectivity index is 0.00000137. The van der Waals surface area contributed by atoms with Crippen LogP contribution in [0.25, 0.3) is 0 Å². The number of nitrogens with one attached hydrogen (secondary N) is 1. The van der Waals surface area contributed by atoms with Crippen LogP contribution in [0, 0.1) is 0 Å². The Morgan fingerprint density at radius 1 is 1.50 bits per heavy atom. The number of urea groups is 1. The van der Waals surface area contributed by atoms with E-state index >= 15 is 0 Å². The molecule has 2 atom stereocenters. The summed E-state index contributed by atoms with van der Waals surface area (Å²) in [5.74, 6) is 0. The van der Waals surface area contributed by atoms with Crippen LogP contribution in [0.2, 0.25) is 0 Å². The largest absolute Gasteiger partial charge is 0.400 e. The van der Waals surface area contributed by atoms with Gasteiger partial charge in [-0.15, -0.1) is 0 Å². The van der Waals surface area contributed by atoms with Gasteiger partial charge in [0.2, 0.25) is 0 Å². The molecule has 1 fully saturated rings. The molecule has 1 aliphatic heterocycles. The topological polar surface area (TPSA) is 99.1 Å². The molecule has 0 saturated carbocycles. The lowest BCUT2D eigenvalue weighted by atomic mass is 10.2. The minimum absolute atomic E-state index is 0.0600. The van der Waals surface area contributed by atoms with E-state index < -0.39 is 6.23 Å². The number of rotatable bonds is 4. The zero-order valence-electron chi connectivity index (χ0n) is 10.6. The van der Waals surface area contributed by atoms with Crippen molar-refractivity contribution in [1.82, 2.24) is 10.2 Å². The third-order valence-electron chi connectivity index (χ3n) is 2.37. The van der Waals surface area contributed by atoms with Crippen LogP contribution in [-0.2, 0) is 9.53 Å². The van der Waals surface area contributed by atoms with Gasteiger partial charge in [0.05, 0.1) is 12.7 Å². The van der Waals surface area contributed by atoms with Crippen molar-refractivity contribution in [1.29, 1.82) is 0 Å². The molecule has 0 aromatic heterocycles. The van der Waals surface area contributed by atoms with Gasteiger partial charge in [0, 0.05) is 20.4 Å². The van der Waals surface area contributed by atoms with Gasteiger partial charge in [-0.25, -0.2) is 4.79 Å². The number of hydrogen-bond acceptors (Lipinski definition) is 5. The quantitative estimate of drug-likeness (QED) is 0.465. The number of allylic oxidation sites excluding steroid dienone is 1. The molecule has 1 aliphatic rings. The van der Waals surface area contributed by atoms with Gasteiger partial charge in [-0.05, 0) is 18.9 Å². The van der Waals surface area contributed by atoms with Crippen LogP contribution in [0.15, 0.2) is 12.3 Å². The fourth-order valence-corrected chi connectivity index (χ4v) is 1.58. The molecular weight excluding hydrogens is 240 g/mol. The maximum atomic E-state index is 11.5. The molecule has 1 saturated heterocycles. The summed E-state index contributed by atoms with van der Waals surface area (Å²) in [7, 11) is 2.50. The molecule has 7 heteroatoms. The molecule has 0 bridgehead atoms. The van der Waals surface area contributed by atoms with E-state index in [9.17, 15) is 9.59 Å². The second-order valence-corrected chi connectivity index (χ2v) is 3.41. The second kappa shape index (κ2) is 9.58. The van der Waals surface area contributed by atoms with E-state index in [0.717, 1.165) is 7.11 Å². The van der Waals surface area contributed by atoms with Crippen molar-refractivity contribution < 1.29 is 24.5 Å². The molecule has 7 nitrogen and oxygen atoms in total. The molecule has 1 heterocycles. The highest BCUT2D eigenvalue weighted by Crippen LogP contribution is 2.22. The molecule has 2 unspecified atom stereocenters. The smallest absolute Gasteiger partial charge is 0.323 e. The fourth-order valence-electron chi connectivity index (χ4n) is 1.58. The Bertz CT molecular complexity index is 283. The molecule has 0 aromatic rings. The third kappa shape index (κ3) is 4.82. The Hall–Kier alpha value is -1.44. The first kappa shape index (κ1) is 16.6. The number of amides is 2. The lowest BCUT2D eigenvalue weighted by Gasteiger charge is -2.24. The van der Waals surface area contributed by atoms with Crippen molar-refractivity contribution in [2.45, 2.75) is 25.2 Å². The maximum absolute atomic E-state index is 11.5. The van der Waals surface area contributed by atoms with E-state index in [-0.39, 0.29) is 18.7 Å². The van der Waals surface area contributed by atoms with Gasteiger partial charge in [0.25, 0.3) is 0 Å². The predicted octanol–water partition coefficient (Wildman–Crippen LogP) is -0.554. The monoisotopic (exact) mass is 260 g/mol. The van der Waals surface area contributed by atoms with Crippen LogP contribution in [-0.4, -0.2) is 60.5 Å². The maximum Gasteiger partial charge on any atom is 0.323 e. The molecule has 3 N–H and O–H groups in total. The number of hydrogen-bond donors (Lipinski definition) is 3. The van der Waals surface area contributed by atoms with Crippen molar-refractivity contribution >= 4 is 12.3 Å². The lowest BCUT2D eigenvalue weighted by molar-refractivity contribution is -0.104. The fraction of sp³-hybridized carbons (Fsp3) is 0.636. The average Bonchev–Trinajstić information content (AvgIpc) is 2.90. The summed E-state index contributed by atoms with van der Waals surface area (Å²) in [6.07, 6.45) is 3.87. The highest BCUT2D eigenvalue weighted by molar-refractivity contribution is 5.76. The van der Waals surface area contributed by atoms with Crippen LogP contribution in [0.5, 0.6) is 0 Å². The lowest BCUT2D eigenvalue weighted by Crippen LogP contribution is -2.41. The number of carbonyl (C=O) groups is 2. The van der Waals surface area contributed by atoms with Crippen LogP contribution in [0.3, 0.4) is 0 Å².